The summed E-state index contributed by atoms with van der Waals surface area (Å²) in [6.45, 7) is 2.17. The van der Waals surface area contributed by atoms with Gasteiger partial charge in [-0.3, -0.25) is 0 Å². The number of aromatic nitrogens is 1. The zero-order valence-corrected chi connectivity index (χ0v) is 8.33. The molecule has 1 N–H and O–H groups in total. The Morgan fingerprint density at radius 3 is 2.86 bits per heavy atom. The first-order valence-corrected chi connectivity index (χ1v) is 5.17. The van der Waals surface area contributed by atoms with Crippen LogP contribution in [-0.4, -0.2) is 11.0 Å². The molecule has 0 radical (unpaired) electrons. The minimum Gasteiger partial charge on any atom is -0.381 e. The molecule has 0 spiro atoms. The Kier molecular flexibility index (Phi) is 2.66. The molecular weight excluding hydrogens is 179 g/mol. The Hall–Kier alpha value is -1.12. The van der Waals surface area contributed by atoms with Crippen molar-refractivity contribution in [3.63, 3.8) is 0 Å². The summed E-state index contributed by atoms with van der Waals surface area (Å²) >= 11 is 0. The predicted molar refractivity (Wildman–Crippen MR) is 54.6 cm³/mol. The second kappa shape index (κ2) is 3.95. The van der Waals surface area contributed by atoms with Crippen LogP contribution in [0.3, 0.4) is 0 Å². The van der Waals surface area contributed by atoms with Gasteiger partial charge in [0.05, 0.1) is 11.9 Å². The Morgan fingerprint density at radius 2 is 2.36 bits per heavy atom. The molecule has 1 aromatic rings. The SMILES string of the molecule is CCC(Nc1ccc(F)nc1)C1CC1. The average Bonchev–Trinajstić information content (AvgIpc) is 3.01. The quantitative estimate of drug-likeness (QED) is 0.745. The number of rotatable bonds is 4. The van der Waals surface area contributed by atoms with E-state index in [4.69, 9.17) is 0 Å². The summed E-state index contributed by atoms with van der Waals surface area (Å²) in [5.74, 6) is 0.389. The van der Waals surface area contributed by atoms with Crippen molar-refractivity contribution in [2.75, 3.05) is 5.32 Å². The molecule has 1 heterocycles. The van der Waals surface area contributed by atoms with Gasteiger partial charge in [-0.2, -0.15) is 4.39 Å². The van der Waals surface area contributed by atoms with E-state index in [-0.39, 0.29) is 0 Å². The Bertz CT molecular complexity index is 293. The summed E-state index contributed by atoms with van der Waals surface area (Å²) in [6, 6.07) is 3.66. The standard InChI is InChI=1S/C11H15FN2/c1-2-10(8-3-4-8)14-9-5-6-11(12)13-7-9/h5-8,10,14H,2-4H2,1H3. The predicted octanol–water partition coefficient (Wildman–Crippen LogP) is 2.82. The van der Waals surface area contributed by atoms with Gasteiger partial charge in [0.2, 0.25) is 5.95 Å². The summed E-state index contributed by atoms with van der Waals surface area (Å²) in [6.07, 6.45) is 5.31. The van der Waals surface area contributed by atoms with Gasteiger partial charge in [-0.05, 0) is 37.3 Å². The third-order valence-electron chi connectivity index (χ3n) is 2.71. The lowest BCUT2D eigenvalue weighted by Gasteiger charge is -2.16. The lowest BCUT2D eigenvalue weighted by molar-refractivity contribution is 0.582. The van der Waals surface area contributed by atoms with Crippen molar-refractivity contribution < 1.29 is 4.39 Å². The third-order valence-corrected chi connectivity index (χ3v) is 2.71. The molecule has 0 aliphatic heterocycles. The molecule has 1 fully saturated rings. The molecule has 1 aromatic heterocycles. The van der Waals surface area contributed by atoms with Crippen LogP contribution in [-0.2, 0) is 0 Å². The average molecular weight is 194 g/mol. The Balaban J connectivity index is 1.98. The van der Waals surface area contributed by atoms with Crippen molar-refractivity contribution in [3.8, 4) is 0 Å². The molecule has 1 unspecified atom stereocenters. The lowest BCUT2D eigenvalue weighted by Crippen LogP contribution is -2.20. The fraction of sp³-hybridized carbons (Fsp3) is 0.545. The number of halogens is 1. The molecule has 0 amide bonds. The molecule has 0 aromatic carbocycles. The first-order chi connectivity index (χ1) is 6.79. The van der Waals surface area contributed by atoms with E-state index < -0.39 is 5.95 Å². The molecular formula is C11H15FN2. The second-order valence-corrected chi connectivity index (χ2v) is 3.87. The van der Waals surface area contributed by atoms with Crippen LogP contribution in [0.15, 0.2) is 18.3 Å². The minimum atomic E-state index is -0.421. The third kappa shape index (κ3) is 2.22. The van der Waals surface area contributed by atoms with E-state index in [1.807, 2.05) is 0 Å². The van der Waals surface area contributed by atoms with E-state index in [1.165, 1.54) is 18.9 Å². The molecule has 1 saturated carbocycles. The molecule has 2 rings (SSSR count). The molecule has 2 nitrogen and oxygen atoms in total. The van der Waals surface area contributed by atoms with Gasteiger partial charge in [0, 0.05) is 6.04 Å². The minimum absolute atomic E-state index is 0.421. The highest BCUT2D eigenvalue weighted by Crippen LogP contribution is 2.35. The van der Waals surface area contributed by atoms with Crippen LogP contribution < -0.4 is 5.32 Å². The van der Waals surface area contributed by atoms with Crippen LogP contribution in [0, 0.1) is 11.9 Å². The fourth-order valence-corrected chi connectivity index (χ4v) is 1.73. The first kappa shape index (κ1) is 9.44. The van der Waals surface area contributed by atoms with E-state index >= 15 is 0 Å². The normalized spacial score (nSPS) is 17.9. The van der Waals surface area contributed by atoms with E-state index in [0.717, 1.165) is 18.0 Å². The largest absolute Gasteiger partial charge is 0.381 e. The Morgan fingerprint density at radius 1 is 1.57 bits per heavy atom. The summed E-state index contributed by atoms with van der Waals surface area (Å²) in [7, 11) is 0. The zero-order valence-electron chi connectivity index (χ0n) is 8.33. The number of hydrogen-bond donors (Lipinski definition) is 1. The molecule has 3 heteroatoms. The summed E-state index contributed by atoms with van der Waals surface area (Å²) in [5.41, 5.74) is 0.921. The van der Waals surface area contributed by atoms with Crippen LogP contribution in [0.2, 0.25) is 0 Å². The van der Waals surface area contributed by atoms with Crippen LogP contribution in [0.25, 0.3) is 0 Å². The van der Waals surface area contributed by atoms with Crippen molar-refractivity contribution in [1.29, 1.82) is 0 Å². The van der Waals surface area contributed by atoms with Crippen LogP contribution in [0.4, 0.5) is 10.1 Å². The maximum absolute atomic E-state index is 12.5. The van der Waals surface area contributed by atoms with Gasteiger partial charge in [-0.15, -0.1) is 0 Å². The summed E-state index contributed by atoms with van der Waals surface area (Å²) < 4.78 is 12.5. The van der Waals surface area contributed by atoms with E-state index in [1.54, 1.807) is 12.3 Å². The van der Waals surface area contributed by atoms with Gasteiger partial charge in [0.25, 0.3) is 0 Å². The zero-order chi connectivity index (χ0) is 9.97. The highest BCUT2D eigenvalue weighted by molar-refractivity contribution is 5.41. The van der Waals surface area contributed by atoms with Crippen LogP contribution >= 0.6 is 0 Å². The summed E-state index contributed by atoms with van der Waals surface area (Å²) in [5, 5.41) is 3.39. The van der Waals surface area contributed by atoms with Gasteiger partial charge in [-0.1, -0.05) is 6.92 Å². The topological polar surface area (TPSA) is 24.9 Å². The van der Waals surface area contributed by atoms with Crippen LogP contribution in [0.1, 0.15) is 26.2 Å². The number of nitrogens with one attached hydrogen (secondary N) is 1. The monoisotopic (exact) mass is 194 g/mol. The molecule has 76 valence electrons. The maximum Gasteiger partial charge on any atom is 0.212 e. The van der Waals surface area contributed by atoms with Crippen molar-refractivity contribution in [2.45, 2.75) is 32.2 Å². The number of hydrogen-bond acceptors (Lipinski definition) is 2. The number of pyridine rings is 1. The molecule has 14 heavy (non-hydrogen) atoms. The molecule has 0 saturated heterocycles. The van der Waals surface area contributed by atoms with E-state index in [2.05, 4.69) is 17.2 Å². The molecule has 1 aliphatic rings. The van der Waals surface area contributed by atoms with Gasteiger partial charge in [-0.25, -0.2) is 4.98 Å². The Labute approximate surface area is 83.6 Å². The fourth-order valence-electron chi connectivity index (χ4n) is 1.73. The van der Waals surface area contributed by atoms with Gasteiger partial charge >= 0.3 is 0 Å². The first-order valence-electron chi connectivity index (χ1n) is 5.17. The van der Waals surface area contributed by atoms with Crippen molar-refractivity contribution in [2.24, 2.45) is 5.92 Å². The highest BCUT2D eigenvalue weighted by Gasteiger charge is 2.29. The smallest absolute Gasteiger partial charge is 0.212 e. The lowest BCUT2D eigenvalue weighted by atomic mass is 10.1. The van der Waals surface area contributed by atoms with Crippen molar-refractivity contribution in [3.05, 3.63) is 24.3 Å². The molecule has 0 bridgehead atoms. The maximum atomic E-state index is 12.5. The van der Waals surface area contributed by atoms with Crippen molar-refractivity contribution >= 4 is 5.69 Å². The molecule has 1 atom stereocenters. The van der Waals surface area contributed by atoms with Crippen LogP contribution in [0.5, 0.6) is 0 Å². The van der Waals surface area contributed by atoms with Crippen molar-refractivity contribution in [1.82, 2.24) is 4.98 Å². The van der Waals surface area contributed by atoms with E-state index in [9.17, 15) is 4.39 Å². The van der Waals surface area contributed by atoms with Gasteiger partial charge < -0.3 is 5.32 Å². The second-order valence-electron chi connectivity index (χ2n) is 3.87. The number of anilines is 1. The highest BCUT2D eigenvalue weighted by atomic mass is 19.1. The molecule has 1 aliphatic carbocycles. The number of nitrogens with zero attached hydrogens (tertiary/aromatic N) is 1. The van der Waals surface area contributed by atoms with Gasteiger partial charge in [0.1, 0.15) is 0 Å². The summed E-state index contributed by atoms with van der Waals surface area (Å²) in [4.78, 5) is 3.62. The van der Waals surface area contributed by atoms with E-state index in [0.29, 0.717) is 6.04 Å². The van der Waals surface area contributed by atoms with Gasteiger partial charge in [0.15, 0.2) is 0 Å².